The molecule has 0 bridgehead atoms. The molecule has 0 aliphatic heterocycles. The fraction of sp³-hybridized carbons (Fsp3) is 0.409. The Hall–Kier alpha value is -1.86. The van der Waals surface area contributed by atoms with Crippen LogP contribution in [0.15, 0.2) is 53.0 Å². The van der Waals surface area contributed by atoms with Crippen molar-refractivity contribution in [1.82, 2.24) is 5.32 Å². The number of carbonyl (C=O) groups is 1. The van der Waals surface area contributed by atoms with Crippen molar-refractivity contribution < 1.29 is 13.2 Å². The lowest BCUT2D eigenvalue weighted by Crippen LogP contribution is -2.30. The molecule has 0 saturated heterocycles. The van der Waals surface area contributed by atoms with Crippen LogP contribution in [0.2, 0.25) is 0 Å². The van der Waals surface area contributed by atoms with Crippen LogP contribution in [-0.2, 0) is 16.6 Å². The Kier molecular flexibility index (Phi) is 7.35. The van der Waals surface area contributed by atoms with Crippen LogP contribution in [0.25, 0.3) is 0 Å². The summed E-state index contributed by atoms with van der Waals surface area (Å²) < 4.78 is 26.7. The molecule has 0 radical (unpaired) electrons. The van der Waals surface area contributed by atoms with Crippen LogP contribution in [-0.4, -0.2) is 27.1 Å². The molecular formula is C22H27BrN2O3S. The SMILES string of the molecule is CS(=O)(=O)N(Cc1ccc(C(=O)NCC2CCCCC2)cc1)c1ccccc1Br. The van der Waals surface area contributed by atoms with E-state index < -0.39 is 10.0 Å². The highest BCUT2D eigenvalue weighted by Gasteiger charge is 2.20. The molecule has 5 nitrogen and oxygen atoms in total. The van der Waals surface area contributed by atoms with Crippen LogP contribution < -0.4 is 9.62 Å². The van der Waals surface area contributed by atoms with Crippen molar-refractivity contribution in [3.63, 3.8) is 0 Å². The van der Waals surface area contributed by atoms with E-state index in [1.165, 1.54) is 42.7 Å². The maximum absolute atomic E-state index is 12.4. The van der Waals surface area contributed by atoms with Gasteiger partial charge in [0.15, 0.2) is 0 Å². The molecule has 1 N–H and O–H groups in total. The minimum absolute atomic E-state index is 0.0760. The molecule has 1 aliphatic rings. The molecule has 2 aromatic rings. The molecule has 3 rings (SSSR count). The summed E-state index contributed by atoms with van der Waals surface area (Å²) in [6.45, 7) is 0.926. The van der Waals surface area contributed by atoms with Gasteiger partial charge in [0.25, 0.3) is 5.91 Å². The van der Waals surface area contributed by atoms with Gasteiger partial charge >= 0.3 is 0 Å². The topological polar surface area (TPSA) is 66.5 Å². The predicted molar refractivity (Wildman–Crippen MR) is 121 cm³/mol. The average molecular weight is 479 g/mol. The number of nitrogens with zero attached hydrogens (tertiary/aromatic N) is 1. The first-order valence-electron chi connectivity index (χ1n) is 9.94. The Morgan fingerprint density at radius 1 is 1.07 bits per heavy atom. The molecule has 1 amide bonds. The number of rotatable bonds is 7. The quantitative estimate of drug-likeness (QED) is 0.625. The monoisotopic (exact) mass is 478 g/mol. The highest BCUT2D eigenvalue weighted by molar-refractivity contribution is 9.10. The third-order valence-electron chi connectivity index (χ3n) is 5.34. The van der Waals surface area contributed by atoms with Crippen molar-refractivity contribution in [2.24, 2.45) is 5.92 Å². The van der Waals surface area contributed by atoms with Gasteiger partial charge in [-0.3, -0.25) is 9.10 Å². The van der Waals surface area contributed by atoms with Crippen LogP contribution in [0.1, 0.15) is 48.0 Å². The molecule has 0 aromatic heterocycles. The van der Waals surface area contributed by atoms with Crippen molar-refractivity contribution in [1.29, 1.82) is 0 Å². The van der Waals surface area contributed by atoms with E-state index in [2.05, 4.69) is 21.2 Å². The molecule has 0 heterocycles. The highest BCUT2D eigenvalue weighted by Crippen LogP contribution is 2.29. The summed E-state index contributed by atoms with van der Waals surface area (Å²) in [5.41, 5.74) is 2.00. The number of hydrogen-bond acceptors (Lipinski definition) is 3. The zero-order valence-electron chi connectivity index (χ0n) is 16.6. The van der Waals surface area contributed by atoms with E-state index in [0.717, 1.165) is 12.1 Å². The molecule has 1 fully saturated rings. The van der Waals surface area contributed by atoms with E-state index in [-0.39, 0.29) is 12.5 Å². The first kappa shape index (κ1) is 21.8. The van der Waals surface area contributed by atoms with Gasteiger partial charge in [0.1, 0.15) is 0 Å². The number of anilines is 1. The summed E-state index contributed by atoms with van der Waals surface area (Å²) >= 11 is 3.42. The highest BCUT2D eigenvalue weighted by atomic mass is 79.9. The first-order valence-corrected chi connectivity index (χ1v) is 12.6. The number of hydrogen-bond donors (Lipinski definition) is 1. The fourth-order valence-corrected chi connectivity index (χ4v) is 5.21. The second-order valence-corrected chi connectivity index (χ2v) is 10.4. The van der Waals surface area contributed by atoms with Crippen LogP contribution in [0, 0.1) is 5.92 Å². The summed E-state index contributed by atoms with van der Waals surface area (Å²) in [5.74, 6) is 0.507. The number of sulfonamides is 1. The third-order valence-corrected chi connectivity index (χ3v) is 7.14. The smallest absolute Gasteiger partial charge is 0.251 e. The summed E-state index contributed by atoms with van der Waals surface area (Å²) in [5, 5.41) is 3.04. The van der Waals surface area contributed by atoms with Gasteiger partial charge in [-0.15, -0.1) is 0 Å². The summed E-state index contributed by atoms with van der Waals surface area (Å²) in [4.78, 5) is 12.4. The van der Waals surface area contributed by atoms with Crippen LogP contribution in [0.5, 0.6) is 0 Å². The standard InChI is InChI=1S/C22H27BrN2O3S/c1-29(27,28)25(21-10-6-5-9-20(21)23)16-18-11-13-19(14-12-18)22(26)24-15-17-7-3-2-4-8-17/h5-6,9-14,17H,2-4,7-8,15-16H2,1H3,(H,24,26). The zero-order valence-corrected chi connectivity index (χ0v) is 19.0. The minimum Gasteiger partial charge on any atom is -0.352 e. The first-order chi connectivity index (χ1) is 13.8. The lowest BCUT2D eigenvalue weighted by Gasteiger charge is -2.24. The Morgan fingerprint density at radius 3 is 2.34 bits per heavy atom. The summed E-state index contributed by atoms with van der Waals surface area (Å²) in [7, 11) is -3.46. The number of nitrogens with one attached hydrogen (secondary N) is 1. The van der Waals surface area contributed by atoms with Crippen molar-refractivity contribution >= 4 is 37.5 Å². The number of para-hydroxylation sites is 1. The summed E-state index contributed by atoms with van der Waals surface area (Å²) in [6.07, 6.45) is 7.38. The summed E-state index contributed by atoms with van der Waals surface area (Å²) in [6, 6.07) is 14.4. The lowest BCUT2D eigenvalue weighted by molar-refractivity contribution is 0.0943. The van der Waals surface area contributed by atoms with E-state index >= 15 is 0 Å². The van der Waals surface area contributed by atoms with Crippen LogP contribution in [0.3, 0.4) is 0 Å². The molecule has 1 aliphatic carbocycles. The Balaban J connectivity index is 1.67. The van der Waals surface area contributed by atoms with Crippen molar-refractivity contribution in [2.75, 3.05) is 17.1 Å². The van der Waals surface area contributed by atoms with E-state index in [9.17, 15) is 13.2 Å². The van der Waals surface area contributed by atoms with E-state index in [4.69, 9.17) is 0 Å². The maximum Gasteiger partial charge on any atom is 0.251 e. The second-order valence-electron chi connectivity index (χ2n) is 7.63. The van der Waals surface area contributed by atoms with E-state index in [1.54, 1.807) is 24.3 Å². The number of benzene rings is 2. The van der Waals surface area contributed by atoms with Gasteiger partial charge in [0.05, 0.1) is 18.5 Å². The van der Waals surface area contributed by atoms with Crippen molar-refractivity contribution in [2.45, 2.75) is 38.6 Å². The van der Waals surface area contributed by atoms with Gasteiger partial charge in [-0.2, -0.15) is 0 Å². The second kappa shape index (κ2) is 9.76. The van der Waals surface area contributed by atoms with Gasteiger partial charge in [0.2, 0.25) is 10.0 Å². The van der Waals surface area contributed by atoms with Gasteiger partial charge in [-0.25, -0.2) is 8.42 Å². The van der Waals surface area contributed by atoms with Gasteiger partial charge < -0.3 is 5.32 Å². The van der Waals surface area contributed by atoms with E-state index in [1.807, 2.05) is 24.3 Å². The molecule has 7 heteroatoms. The maximum atomic E-state index is 12.4. The molecule has 0 unspecified atom stereocenters. The van der Waals surface area contributed by atoms with E-state index in [0.29, 0.717) is 21.6 Å². The molecule has 0 spiro atoms. The minimum atomic E-state index is -3.46. The van der Waals surface area contributed by atoms with Crippen LogP contribution >= 0.6 is 15.9 Å². The third kappa shape index (κ3) is 6.06. The molecule has 1 saturated carbocycles. The lowest BCUT2D eigenvalue weighted by atomic mass is 9.89. The molecule has 2 aromatic carbocycles. The number of amides is 1. The molecule has 0 atom stereocenters. The molecule has 156 valence electrons. The normalized spacial score (nSPS) is 15.1. The Labute approximate surface area is 181 Å². The van der Waals surface area contributed by atoms with Gasteiger partial charge in [-0.05, 0) is 64.5 Å². The van der Waals surface area contributed by atoms with Crippen molar-refractivity contribution in [3.8, 4) is 0 Å². The average Bonchev–Trinajstić information content (AvgIpc) is 2.71. The van der Waals surface area contributed by atoms with Crippen molar-refractivity contribution in [3.05, 3.63) is 64.1 Å². The Bertz CT molecular complexity index is 939. The van der Waals surface area contributed by atoms with Crippen LogP contribution in [0.4, 0.5) is 5.69 Å². The predicted octanol–water partition coefficient (Wildman–Crippen LogP) is 4.73. The molecular weight excluding hydrogens is 452 g/mol. The Morgan fingerprint density at radius 2 is 1.72 bits per heavy atom. The molecule has 29 heavy (non-hydrogen) atoms. The van der Waals surface area contributed by atoms with Gasteiger partial charge in [-0.1, -0.05) is 43.5 Å². The fourth-order valence-electron chi connectivity index (χ4n) is 3.69. The largest absolute Gasteiger partial charge is 0.352 e. The van der Waals surface area contributed by atoms with Gasteiger partial charge in [0, 0.05) is 16.6 Å². The number of carbonyl (C=O) groups excluding carboxylic acids is 1. The zero-order chi connectivity index (χ0) is 20.9. The number of halogens is 1.